The van der Waals surface area contributed by atoms with Crippen LogP contribution in [-0.4, -0.2) is 56.6 Å². The average molecular weight is 346 g/mol. The molecule has 1 atom stereocenters. The van der Waals surface area contributed by atoms with Gasteiger partial charge in [0.15, 0.2) is 11.2 Å². The number of aliphatic carboxylic acids is 1. The van der Waals surface area contributed by atoms with E-state index < -0.39 is 34.7 Å². The van der Waals surface area contributed by atoms with E-state index >= 15 is 0 Å². The van der Waals surface area contributed by atoms with Gasteiger partial charge >= 0.3 is 17.9 Å². The van der Waals surface area contributed by atoms with Crippen LogP contribution in [0.15, 0.2) is 0 Å². The lowest BCUT2D eigenvalue weighted by Crippen LogP contribution is -2.67. The van der Waals surface area contributed by atoms with E-state index in [4.69, 9.17) is 14.2 Å². The molecule has 0 heterocycles. The molecule has 0 aromatic rings. The van der Waals surface area contributed by atoms with Crippen molar-refractivity contribution in [3.63, 3.8) is 0 Å². The van der Waals surface area contributed by atoms with E-state index in [-0.39, 0.29) is 19.4 Å². The second-order valence-electron chi connectivity index (χ2n) is 7.07. The molecule has 0 saturated heterocycles. The van der Waals surface area contributed by atoms with Crippen LogP contribution in [0.4, 0.5) is 0 Å². The van der Waals surface area contributed by atoms with Crippen LogP contribution in [0.25, 0.3) is 0 Å². The molecule has 0 amide bonds. The number of carbonyl (C=O) groups excluding carboxylic acids is 1. The smallest absolute Gasteiger partial charge is 0.338 e. The van der Waals surface area contributed by atoms with Gasteiger partial charge in [-0.15, -0.1) is 0 Å². The first-order valence-electron chi connectivity index (χ1n) is 8.26. The summed E-state index contributed by atoms with van der Waals surface area (Å²) in [5, 5.41) is 30.6. The highest BCUT2D eigenvalue weighted by Crippen LogP contribution is 2.47. The number of ether oxygens (including phenoxy) is 3. The van der Waals surface area contributed by atoms with Crippen molar-refractivity contribution in [3.05, 3.63) is 0 Å². The Morgan fingerprint density at radius 2 is 1.46 bits per heavy atom. The first kappa shape index (κ1) is 19.1. The van der Waals surface area contributed by atoms with E-state index in [0.29, 0.717) is 25.7 Å². The molecule has 8 nitrogen and oxygen atoms in total. The Hall–Kier alpha value is -1.22. The van der Waals surface area contributed by atoms with Crippen LogP contribution < -0.4 is 0 Å². The molecule has 2 aliphatic carbocycles. The lowest BCUT2D eigenvalue weighted by Gasteiger charge is -2.51. The quantitative estimate of drug-likeness (QED) is 0.438. The molecule has 1 unspecified atom stereocenters. The fourth-order valence-corrected chi connectivity index (χ4v) is 2.77. The highest BCUT2D eigenvalue weighted by Gasteiger charge is 2.62. The predicted molar refractivity (Wildman–Crippen MR) is 80.9 cm³/mol. The van der Waals surface area contributed by atoms with Crippen molar-refractivity contribution in [2.75, 3.05) is 6.61 Å². The van der Waals surface area contributed by atoms with Gasteiger partial charge in [-0.1, -0.05) is 0 Å². The SMILES string of the molecule is CCOC(=O)C1(OC(O)(OC2(C(=O)O)CCC2)C(C)(C)O)CCC1. The zero-order valence-electron chi connectivity index (χ0n) is 14.3. The van der Waals surface area contributed by atoms with Gasteiger partial charge in [-0.05, 0) is 59.3 Å². The summed E-state index contributed by atoms with van der Waals surface area (Å²) in [7, 11) is 0. The third-order valence-corrected chi connectivity index (χ3v) is 4.80. The van der Waals surface area contributed by atoms with Gasteiger partial charge < -0.3 is 29.5 Å². The van der Waals surface area contributed by atoms with Gasteiger partial charge in [0, 0.05) is 0 Å². The Morgan fingerprint density at radius 3 is 1.75 bits per heavy atom. The van der Waals surface area contributed by atoms with Crippen LogP contribution in [-0.2, 0) is 23.8 Å². The molecule has 2 rings (SSSR count). The van der Waals surface area contributed by atoms with Gasteiger partial charge in [0.25, 0.3) is 0 Å². The molecular formula is C16H26O8. The maximum absolute atomic E-state index is 12.2. The summed E-state index contributed by atoms with van der Waals surface area (Å²) in [6.07, 6.45) is 2.29. The van der Waals surface area contributed by atoms with Crippen molar-refractivity contribution in [2.24, 2.45) is 0 Å². The van der Waals surface area contributed by atoms with Crippen molar-refractivity contribution in [1.82, 2.24) is 0 Å². The van der Waals surface area contributed by atoms with Crippen molar-refractivity contribution >= 4 is 11.9 Å². The first-order chi connectivity index (χ1) is 11.0. The van der Waals surface area contributed by atoms with Crippen LogP contribution in [0.3, 0.4) is 0 Å². The largest absolute Gasteiger partial charge is 0.479 e. The van der Waals surface area contributed by atoms with Gasteiger partial charge in [0.2, 0.25) is 0 Å². The third-order valence-electron chi connectivity index (χ3n) is 4.80. The number of hydrogen-bond acceptors (Lipinski definition) is 7. The summed E-state index contributed by atoms with van der Waals surface area (Å²) >= 11 is 0. The number of carbonyl (C=O) groups is 2. The maximum Gasteiger partial charge on any atom is 0.338 e. The van der Waals surface area contributed by atoms with E-state index in [2.05, 4.69) is 0 Å². The zero-order chi connectivity index (χ0) is 18.2. The second-order valence-corrected chi connectivity index (χ2v) is 7.07. The summed E-state index contributed by atoms with van der Waals surface area (Å²) in [5.74, 6) is -4.54. The summed E-state index contributed by atoms with van der Waals surface area (Å²) in [5.41, 5.74) is -5.03. The highest BCUT2D eigenvalue weighted by molar-refractivity contribution is 5.81. The topological polar surface area (TPSA) is 123 Å². The summed E-state index contributed by atoms with van der Waals surface area (Å²) < 4.78 is 16.0. The Bertz CT molecular complexity index is 501. The van der Waals surface area contributed by atoms with E-state index in [0.717, 1.165) is 0 Å². The van der Waals surface area contributed by atoms with Crippen molar-refractivity contribution in [1.29, 1.82) is 0 Å². The van der Waals surface area contributed by atoms with Crippen LogP contribution >= 0.6 is 0 Å². The Balaban J connectivity index is 2.28. The summed E-state index contributed by atoms with van der Waals surface area (Å²) in [6, 6.07) is 0. The Labute approximate surface area is 140 Å². The maximum atomic E-state index is 12.2. The molecule has 0 aromatic carbocycles. The van der Waals surface area contributed by atoms with Gasteiger partial charge in [0.05, 0.1) is 6.61 Å². The second kappa shape index (κ2) is 6.25. The summed E-state index contributed by atoms with van der Waals surface area (Å²) in [4.78, 5) is 23.8. The zero-order valence-corrected chi connectivity index (χ0v) is 14.3. The molecule has 2 aliphatic rings. The minimum absolute atomic E-state index is 0.144. The van der Waals surface area contributed by atoms with Crippen LogP contribution in [0, 0.1) is 0 Å². The van der Waals surface area contributed by atoms with Gasteiger partial charge in [0.1, 0.15) is 5.60 Å². The molecule has 2 saturated carbocycles. The molecule has 8 heteroatoms. The van der Waals surface area contributed by atoms with E-state index in [1.807, 2.05) is 0 Å². The van der Waals surface area contributed by atoms with E-state index in [1.165, 1.54) is 13.8 Å². The minimum Gasteiger partial charge on any atom is -0.479 e. The molecule has 0 spiro atoms. The monoisotopic (exact) mass is 346 g/mol. The average Bonchev–Trinajstić information content (AvgIpc) is 2.36. The van der Waals surface area contributed by atoms with Crippen LogP contribution in [0.5, 0.6) is 0 Å². The Kier molecular flexibility index (Phi) is 4.98. The predicted octanol–water partition coefficient (Wildman–Crippen LogP) is 0.930. The molecule has 24 heavy (non-hydrogen) atoms. The number of aliphatic hydroxyl groups is 2. The van der Waals surface area contributed by atoms with Crippen molar-refractivity contribution in [3.8, 4) is 0 Å². The standard InChI is InChI=1S/C16H26O8/c1-4-22-12(19)15(9-6-10-15)24-16(21,13(2,3)20)23-14(11(17)18)7-5-8-14/h20-21H,4-10H2,1-3H3,(H,17,18). The van der Waals surface area contributed by atoms with Gasteiger partial charge in [-0.2, -0.15) is 0 Å². The molecule has 0 bridgehead atoms. The number of esters is 1. The van der Waals surface area contributed by atoms with E-state index in [1.54, 1.807) is 6.92 Å². The Morgan fingerprint density at radius 1 is 1.00 bits per heavy atom. The number of carboxylic acid groups (broad SMARTS) is 1. The van der Waals surface area contributed by atoms with Crippen molar-refractivity contribution in [2.45, 2.75) is 82.1 Å². The fraction of sp³-hybridized carbons (Fsp3) is 0.875. The molecular weight excluding hydrogens is 320 g/mol. The first-order valence-corrected chi connectivity index (χ1v) is 8.26. The van der Waals surface area contributed by atoms with Crippen LogP contribution in [0.2, 0.25) is 0 Å². The lowest BCUT2D eigenvalue weighted by atomic mass is 9.78. The van der Waals surface area contributed by atoms with E-state index in [9.17, 15) is 24.9 Å². The third kappa shape index (κ3) is 3.15. The normalized spacial score (nSPS) is 24.2. The number of hydrogen-bond donors (Lipinski definition) is 3. The minimum atomic E-state index is -2.65. The van der Waals surface area contributed by atoms with Crippen LogP contribution in [0.1, 0.15) is 59.3 Å². The number of rotatable bonds is 8. The number of carboxylic acids is 1. The summed E-state index contributed by atoms with van der Waals surface area (Å²) in [6.45, 7) is 4.26. The lowest BCUT2D eigenvalue weighted by molar-refractivity contribution is -0.472. The van der Waals surface area contributed by atoms with Gasteiger partial charge in [-0.25, -0.2) is 9.59 Å². The highest BCUT2D eigenvalue weighted by atomic mass is 16.9. The fourth-order valence-electron chi connectivity index (χ4n) is 2.77. The molecule has 3 N–H and O–H groups in total. The molecule has 0 aromatic heterocycles. The van der Waals surface area contributed by atoms with Crippen molar-refractivity contribution < 1.29 is 39.1 Å². The molecule has 138 valence electrons. The molecule has 0 aliphatic heterocycles. The molecule has 2 fully saturated rings. The molecule has 0 radical (unpaired) electrons. The van der Waals surface area contributed by atoms with Gasteiger partial charge in [-0.3, -0.25) is 0 Å².